The first-order valence-corrected chi connectivity index (χ1v) is 6.73. The molecule has 4 heteroatoms. The number of morpholine rings is 1. The monoisotopic (exact) mass is 262 g/mol. The Kier molecular flexibility index (Phi) is 4.93. The van der Waals surface area contributed by atoms with Crippen LogP contribution in [0.5, 0.6) is 0 Å². The Labute approximate surface area is 115 Å². The molecule has 1 heterocycles. The van der Waals surface area contributed by atoms with Crippen LogP contribution in [0.4, 0.5) is 0 Å². The van der Waals surface area contributed by atoms with E-state index in [1.165, 1.54) is 5.56 Å². The molecule has 104 valence electrons. The highest BCUT2D eigenvalue weighted by molar-refractivity contribution is 5.77. The van der Waals surface area contributed by atoms with Gasteiger partial charge < -0.3 is 9.64 Å². The molecular weight excluding hydrogens is 240 g/mol. The number of rotatable bonds is 4. The van der Waals surface area contributed by atoms with Crippen molar-refractivity contribution in [2.45, 2.75) is 12.5 Å². The molecule has 1 saturated heterocycles. The molecule has 0 radical (unpaired) electrons. The van der Waals surface area contributed by atoms with E-state index < -0.39 is 0 Å². The zero-order valence-electron chi connectivity index (χ0n) is 11.7. The molecule has 1 amide bonds. The minimum Gasteiger partial charge on any atom is -0.375 e. The van der Waals surface area contributed by atoms with Crippen LogP contribution >= 0.6 is 0 Å². The van der Waals surface area contributed by atoms with Crippen molar-refractivity contribution >= 4 is 5.91 Å². The maximum Gasteiger partial charge on any atom is 0.236 e. The number of amides is 1. The van der Waals surface area contributed by atoms with Crippen molar-refractivity contribution in [1.82, 2.24) is 9.80 Å². The van der Waals surface area contributed by atoms with Gasteiger partial charge in [0.05, 0.1) is 19.3 Å². The smallest absolute Gasteiger partial charge is 0.236 e. The summed E-state index contributed by atoms with van der Waals surface area (Å²) in [5.41, 5.74) is 1.29. The van der Waals surface area contributed by atoms with Gasteiger partial charge in [-0.25, -0.2) is 0 Å². The van der Waals surface area contributed by atoms with Crippen LogP contribution in [0.15, 0.2) is 30.3 Å². The largest absolute Gasteiger partial charge is 0.375 e. The third-order valence-corrected chi connectivity index (χ3v) is 3.39. The quantitative estimate of drug-likeness (QED) is 0.812. The van der Waals surface area contributed by atoms with E-state index in [1.807, 2.05) is 18.2 Å². The Morgan fingerprint density at radius 2 is 2.11 bits per heavy atom. The Morgan fingerprint density at radius 1 is 1.37 bits per heavy atom. The van der Waals surface area contributed by atoms with E-state index >= 15 is 0 Å². The van der Waals surface area contributed by atoms with Crippen LogP contribution in [0.1, 0.15) is 5.56 Å². The summed E-state index contributed by atoms with van der Waals surface area (Å²) in [6.45, 7) is 2.86. The van der Waals surface area contributed by atoms with Gasteiger partial charge >= 0.3 is 0 Å². The summed E-state index contributed by atoms with van der Waals surface area (Å²) < 4.78 is 5.79. The average Bonchev–Trinajstić information content (AvgIpc) is 2.40. The molecule has 0 spiro atoms. The van der Waals surface area contributed by atoms with Gasteiger partial charge in [0.2, 0.25) is 5.91 Å². The minimum atomic E-state index is 0.153. The molecule has 2 rings (SSSR count). The van der Waals surface area contributed by atoms with Crippen LogP contribution in [0.2, 0.25) is 0 Å². The first-order valence-electron chi connectivity index (χ1n) is 6.73. The molecule has 4 nitrogen and oxygen atoms in total. The summed E-state index contributed by atoms with van der Waals surface area (Å²) in [4.78, 5) is 15.5. The van der Waals surface area contributed by atoms with Gasteiger partial charge in [-0.1, -0.05) is 30.3 Å². The lowest BCUT2D eigenvalue weighted by molar-refractivity contribution is -0.131. The van der Waals surface area contributed by atoms with Crippen molar-refractivity contribution in [2.75, 3.05) is 40.3 Å². The van der Waals surface area contributed by atoms with E-state index in [4.69, 9.17) is 4.74 Å². The van der Waals surface area contributed by atoms with Crippen LogP contribution in [0.3, 0.4) is 0 Å². The van der Waals surface area contributed by atoms with Gasteiger partial charge in [-0.3, -0.25) is 9.69 Å². The summed E-state index contributed by atoms with van der Waals surface area (Å²) >= 11 is 0. The molecule has 0 aromatic heterocycles. The number of hydrogen-bond acceptors (Lipinski definition) is 3. The molecule has 0 N–H and O–H groups in total. The predicted octanol–water partition coefficient (Wildman–Crippen LogP) is 1.02. The molecule has 1 aliphatic heterocycles. The Bertz CT molecular complexity index is 406. The standard InChI is InChI=1S/C15H22N2O2/c1-16(2)15(18)12-17-8-9-19-14(11-17)10-13-6-4-3-5-7-13/h3-7,14H,8-12H2,1-2H3. The highest BCUT2D eigenvalue weighted by atomic mass is 16.5. The molecule has 19 heavy (non-hydrogen) atoms. The average molecular weight is 262 g/mol. The zero-order valence-corrected chi connectivity index (χ0v) is 11.7. The number of benzene rings is 1. The summed E-state index contributed by atoms with van der Waals surface area (Å²) in [6, 6.07) is 10.4. The lowest BCUT2D eigenvalue weighted by Crippen LogP contribution is -2.47. The SMILES string of the molecule is CN(C)C(=O)CN1CCOC(Cc2ccccc2)C1. The summed E-state index contributed by atoms with van der Waals surface area (Å²) in [6.07, 6.45) is 1.10. The third kappa shape index (κ3) is 4.33. The lowest BCUT2D eigenvalue weighted by atomic mass is 10.1. The maximum atomic E-state index is 11.7. The lowest BCUT2D eigenvalue weighted by Gasteiger charge is -2.33. The molecule has 1 unspecified atom stereocenters. The van der Waals surface area contributed by atoms with E-state index in [-0.39, 0.29) is 12.0 Å². The van der Waals surface area contributed by atoms with Gasteiger partial charge in [-0.15, -0.1) is 0 Å². The third-order valence-electron chi connectivity index (χ3n) is 3.39. The Morgan fingerprint density at radius 3 is 2.79 bits per heavy atom. The molecular formula is C15H22N2O2. The van der Waals surface area contributed by atoms with Gasteiger partial charge in [0.25, 0.3) is 0 Å². The number of carbonyl (C=O) groups is 1. The van der Waals surface area contributed by atoms with Gasteiger partial charge in [0.15, 0.2) is 0 Å². The first-order chi connectivity index (χ1) is 9.15. The van der Waals surface area contributed by atoms with E-state index in [1.54, 1.807) is 19.0 Å². The second-order valence-corrected chi connectivity index (χ2v) is 5.21. The molecule has 1 aliphatic rings. The van der Waals surface area contributed by atoms with Crippen LogP contribution in [-0.4, -0.2) is 62.1 Å². The van der Waals surface area contributed by atoms with Crippen molar-refractivity contribution in [3.8, 4) is 0 Å². The molecule has 1 aromatic rings. The fourth-order valence-electron chi connectivity index (χ4n) is 2.26. The van der Waals surface area contributed by atoms with Gasteiger partial charge in [-0.05, 0) is 12.0 Å². The van der Waals surface area contributed by atoms with E-state index in [0.717, 1.165) is 19.5 Å². The fourth-order valence-corrected chi connectivity index (χ4v) is 2.26. The Hall–Kier alpha value is -1.39. The van der Waals surface area contributed by atoms with Crippen LogP contribution in [0, 0.1) is 0 Å². The molecule has 1 atom stereocenters. The topological polar surface area (TPSA) is 32.8 Å². The van der Waals surface area contributed by atoms with Crippen molar-refractivity contribution in [1.29, 1.82) is 0 Å². The predicted molar refractivity (Wildman–Crippen MR) is 75.0 cm³/mol. The summed E-state index contributed by atoms with van der Waals surface area (Å²) in [7, 11) is 3.59. The van der Waals surface area contributed by atoms with Crippen molar-refractivity contribution in [2.24, 2.45) is 0 Å². The van der Waals surface area contributed by atoms with Crippen molar-refractivity contribution in [3.63, 3.8) is 0 Å². The highest BCUT2D eigenvalue weighted by Gasteiger charge is 2.22. The zero-order chi connectivity index (χ0) is 13.7. The van der Waals surface area contributed by atoms with Crippen molar-refractivity contribution < 1.29 is 9.53 Å². The minimum absolute atomic E-state index is 0.153. The first kappa shape index (κ1) is 14.0. The number of likely N-dealkylation sites (N-methyl/N-ethyl adjacent to an activating group) is 1. The molecule has 0 aliphatic carbocycles. The maximum absolute atomic E-state index is 11.7. The molecule has 0 bridgehead atoms. The summed E-state index contributed by atoms with van der Waals surface area (Å²) in [5, 5.41) is 0. The van der Waals surface area contributed by atoms with Gasteiger partial charge in [0, 0.05) is 27.2 Å². The van der Waals surface area contributed by atoms with E-state index in [9.17, 15) is 4.79 Å². The van der Waals surface area contributed by atoms with Gasteiger partial charge in [0.1, 0.15) is 0 Å². The van der Waals surface area contributed by atoms with Crippen LogP contribution in [0.25, 0.3) is 0 Å². The second kappa shape index (κ2) is 6.68. The van der Waals surface area contributed by atoms with Crippen LogP contribution < -0.4 is 0 Å². The number of nitrogens with zero attached hydrogens (tertiary/aromatic N) is 2. The highest BCUT2D eigenvalue weighted by Crippen LogP contribution is 2.11. The number of hydrogen-bond donors (Lipinski definition) is 0. The second-order valence-electron chi connectivity index (χ2n) is 5.21. The molecule has 1 fully saturated rings. The molecule has 1 aromatic carbocycles. The molecule has 0 saturated carbocycles. The van der Waals surface area contributed by atoms with Gasteiger partial charge in [-0.2, -0.15) is 0 Å². The van der Waals surface area contributed by atoms with Crippen LogP contribution in [-0.2, 0) is 16.0 Å². The van der Waals surface area contributed by atoms with E-state index in [2.05, 4.69) is 17.0 Å². The normalized spacial score (nSPS) is 20.2. The Balaban J connectivity index is 1.85. The van der Waals surface area contributed by atoms with E-state index in [0.29, 0.717) is 13.2 Å². The number of ether oxygens (including phenoxy) is 1. The number of carbonyl (C=O) groups excluding carboxylic acids is 1. The fraction of sp³-hybridized carbons (Fsp3) is 0.533. The van der Waals surface area contributed by atoms with Crippen molar-refractivity contribution in [3.05, 3.63) is 35.9 Å². The summed E-state index contributed by atoms with van der Waals surface area (Å²) in [5.74, 6) is 0.153.